The smallest absolute Gasteiger partial charge is 0.325 e. The van der Waals surface area contributed by atoms with E-state index in [1.165, 1.54) is 5.56 Å². The molecule has 27 heavy (non-hydrogen) atoms. The van der Waals surface area contributed by atoms with Crippen LogP contribution in [0.25, 0.3) is 0 Å². The number of amides is 3. The molecule has 3 aromatic rings. The van der Waals surface area contributed by atoms with Gasteiger partial charge in [0.05, 0.1) is 5.69 Å². The number of hydrogen-bond acceptors (Lipinski definition) is 4. The van der Waals surface area contributed by atoms with E-state index in [1.807, 2.05) is 48.5 Å². The molecule has 0 aliphatic heterocycles. The Morgan fingerprint density at radius 1 is 0.963 bits per heavy atom. The Hall–Kier alpha value is -3.19. The number of para-hydroxylation sites is 1. The monoisotopic (exact) mass is 380 g/mol. The summed E-state index contributed by atoms with van der Waals surface area (Å²) in [5.41, 5.74) is 2.44. The molecule has 6 nitrogen and oxygen atoms in total. The molecule has 2 aromatic carbocycles. The van der Waals surface area contributed by atoms with Crippen molar-refractivity contribution in [2.75, 3.05) is 17.2 Å². The lowest BCUT2D eigenvalue weighted by Gasteiger charge is -2.05. The molecule has 138 valence electrons. The van der Waals surface area contributed by atoms with Gasteiger partial charge in [-0.1, -0.05) is 59.9 Å². The third kappa shape index (κ3) is 5.39. The molecule has 7 heteroatoms. The molecule has 1 aromatic heterocycles. The Morgan fingerprint density at radius 3 is 2.33 bits per heavy atom. The van der Waals surface area contributed by atoms with E-state index in [0.717, 1.165) is 17.8 Å². The quantitative estimate of drug-likeness (QED) is 0.603. The summed E-state index contributed by atoms with van der Waals surface area (Å²) >= 11 is 1.16. The summed E-state index contributed by atoms with van der Waals surface area (Å²) in [4.78, 5) is 29.2. The fourth-order valence-electron chi connectivity index (χ4n) is 2.49. The molecular formula is C20H20N4O2S. The maximum absolute atomic E-state index is 12.4. The first kappa shape index (κ1) is 18.6. The molecule has 0 bridgehead atoms. The second kappa shape index (κ2) is 8.95. The van der Waals surface area contributed by atoms with Crippen LogP contribution >= 0.6 is 11.3 Å². The second-order valence-corrected chi connectivity index (χ2v) is 6.87. The van der Waals surface area contributed by atoms with Crippen molar-refractivity contribution in [1.29, 1.82) is 0 Å². The van der Waals surface area contributed by atoms with E-state index in [0.29, 0.717) is 27.9 Å². The highest BCUT2D eigenvalue weighted by Crippen LogP contribution is 2.22. The lowest BCUT2D eigenvalue weighted by Crippen LogP contribution is -2.25. The van der Waals surface area contributed by atoms with Crippen LogP contribution in [0.4, 0.5) is 15.6 Å². The summed E-state index contributed by atoms with van der Waals surface area (Å²) in [5.74, 6) is -0.183. The van der Waals surface area contributed by atoms with Crippen molar-refractivity contribution in [2.24, 2.45) is 0 Å². The third-order valence-corrected chi connectivity index (χ3v) is 4.87. The minimum absolute atomic E-state index is 0.183. The first-order valence-electron chi connectivity index (χ1n) is 8.54. The van der Waals surface area contributed by atoms with E-state index < -0.39 is 6.03 Å². The Labute approximate surface area is 161 Å². The number of thiazole rings is 1. The van der Waals surface area contributed by atoms with Gasteiger partial charge in [-0.05, 0) is 31.0 Å². The molecule has 0 radical (unpaired) electrons. The number of anilines is 2. The Bertz CT molecular complexity index is 910. The van der Waals surface area contributed by atoms with Crippen LogP contribution in [0.15, 0.2) is 60.7 Å². The highest BCUT2D eigenvalue weighted by atomic mass is 32.1. The number of urea groups is 1. The number of nitrogens with one attached hydrogen (secondary N) is 3. The van der Waals surface area contributed by atoms with E-state index in [4.69, 9.17) is 0 Å². The first-order valence-corrected chi connectivity index (χ1v) is 9.36. The van der Waals surface area contributed by atoms with E-state index in [-0.39, 0.29) is 5.91 Å². The number of rotatable bonds is 6. The van der Waals surface area contributed by atoms with Gasteiger partial charge < -0.3 is 10.6 Å². The van der Waals surface area contributed by atoms with Gasteiger partial charge in [0.1, 0.15) is 4.88 Å². The molecule has 3 N–H and O–H groups in total. The number of aryl methyl sites for hydroxylation is 1. The molecule has 0 fully saturated rings. The highest BCUT2D eigenvalue weighted by Gasteiger charge is 2.16. The zero-order valence-electron chi connectivity index (χ0n) is 14.9. The minimum atomic E-state index is -0.397. The van der Waals surface area contributed by atoms with E-state index in [1.54, 1.807) is 19.1 Å². The minimum Gasteiger partial charge on any atom is -0.351 e. The summed E-state index contributed by atoms with van der Waals surface area (Å²) in [5, 5.41) is 8.66. The molecule has 0 saturated heterocycles. The van der Waals surface area contributed by atoms with Crippen molar-refractivity contribution in [1.82, 2.24) is 10.3 Å². The highest BCUT2D eigenvalue weighted by molar-refractivity contribution is 7.17. The molecule has 3 rings (SSSR count). The van der Waals surface area contributed by atoms with Gasteiger partial charge in [-0.15, -0.1) is 0 Å². The second-order valence-electron chi connectivity index (χ2n) is 5.87. The number of carbonyl (C=O) groups excluding carboxylic acids is 2. The Balaban J connectivity index is 1.53. The van der Waals surface area contributed by atoms with Gasteiger partial charge in [0.15, 0.2) is 5.13 Å². The number of nitrogens with zero attached hydrogens (tertiary/aromatic N) is 1. The van der Waals surface area contributed by atoms with Crippen molar-refractivity contribution in [2.45, 2.75) is 13.3 Å². The van der Waals surface area contributed by atoms with Crippen molar-refractivity contribution in [3.8, 4) is 0 Å². The van der Waals surface area contributed by atoms with Crippen LogP contribution in [-0.4, -0.2) is 23.5 Å². The molecule has 0 aliphatic rings. The van der Waals surface area contributed by atoms with Gasteiger partial charge in [-0.2, -0.15) is 0 Å². The van der Waals surface area contributed by atoms with E-state index in [2.05, 4.69) is 20.9 Å². The fraction of sp³-hybridized carbons (Fsp3) is 0.150. The topological polar surface area (TPSA) is 83.1 Å². The van der Waals surface area contributed by atoms with Crippen molar-refractivity contribution in [3.05, 3.63) is 76.8 Å². The number of hydrogen-bond donors (Lipinski definition) is 3. The zero-order valence-corrected chi connectivity index (χ0v) is 15.7. The lowest BCUT2D eigenvalue weighted by atomic mass is 10.1. The molecular weight excluding hydrogens is 360 g/mol. The lowest BCUT2D eigenvalue weighted by molar-refractivity contribution is 0.0957. The van der Waals surface area contributed by atoms with Gasteiger partial charge >= 0.3 is 6.03 Å². The molecule has 0 saturated carbocycles. The average Bonchev–Trinajstić information content (AvgIpc) is 3.03. The van der Waals surface area contributed by atoms with Crippen LogP contribution in [0.1, 0.15) is 20.9 Å². The molecule has 3 amide bonds. The largest absolute Gasteiger partial charge is 0.351 e. The number of carbonyl (C=O) groups is 2. The van der Waals surface area contributed by atoms with Crippen LogP contribution in [0.2, 0.25) is 0 Å². The molecule has 0 spiro atoms. The number of aromatic nitrogens is 1. The Morgan fingerprint density at radius 2 is 1.63 bits per heavy atom. The normalized spacial score (nSPS) is 10.3. The van der Waals surface area contributed by atoms with Gasteiger partial charge in [0.25, 0.3) is 5.91 Å². The summed E-state index contributed by atoms with van der Waals surface area (Å²) in [6, 6.07) is 18.7. The van der Waals surface area contributed by atoms with Crippen LogP contribution in [0.3, 0.4) is 0 Å². The maximum atomic E-state index is 12.4. The van der Waals surface area contributed by atoms with Crippen LogP contribution in [0.5, 0.6) is 0 Å². The van der Waals surface area contributed by atoms with Gasteiger partial charge in [0.2, 0.25) is 0 Å². The van der Waals surface area contributed by atoms with E-state index >= 15 is 0 Å². The standard InChI is InChI=1S/C20H20N4O2S/c1-14-17(18(25)21-13-12-15-8-4-2-5-9-15)27-20(22-14)24-19(26)23-16-10-6-3-7-11-16/h2-11H,12-13H2,1H3,(H,21,25)(H2,22,23,24,26). The molecule has 1 heterocycles. The third-order valence-electron chi connectivity index (χ3n) is 3.80. The van der Waals surface area contributed by atoms with Gasteiger partial charge in [-0.25, -0.2) is 9.78 Å². The summed E-state index contributed by atoms with van der Waals surface area (Å²) in [6.07, 6.45) is 0.759. The van der Waals surface area contributed by atoms with E-state index in [9.17, 15) is 9.59 Å². The summed E-state index contributed by atoms with van der Waals surface area (Å²) in [7, 11) is 0. The SMILES string of the molecule is Cc1nc(NC(=O)Nc2ccccc2)sc1C(=O)NCCc1ccccc1. The molecule has 0 unspecified atom stereocenters. The predicted octanol–water partition coefficient (Wildman–Crippen LogP) is 4.07. The van der Waals surface area contributed by atoms with Crippen LogP contribution in [0, 0.1) is 6.92 Å². The zero-order chi connectivity index (χ0) is 19.1. The summed E-state index contributed by atoms with van der Waals surface area (Å²) < 4.78 is 0. The van der Waals surface area contributed by atoms with Crippen molar-refractivity contribution >= 4 is 34.1 Å². The molecule has 0 aliphatic carbocycles. The molecule has 0 atom stereocenters. The fourth-order valence-corrected chi connectivity index (χ4v) is 3.36. The van der Waals surface area contributed by atoms with Gasteiger partial charge in [-0.3, -0.25) is 10.1 Å². The Kier molecular flexibility index (Phi) is 6.17. The average molecular weight is 380 g/mol. The van der Waals surface area contributed by atoms with Crippen molar-refractivity contribution < 1.29 is 9.59 Å². The predicted molar refractivity (Wildman–Crippen MR) is 108 cm³/mol. The number of benzene rings is 2. The first-order chi connectivity index (χ1) is 13.1. The van der Waals surface area contributed by atoms with Crippen molar-refractivity contribution in [3.63, 3.8) is 0 Å². The van der Waals surface area contributed by atoms with Gasteiger partial charge in [0, 0.05) is 12.2 Å². The van der Waals surface area contributed by atoms with Crippen LogP contribution in [-0.2, 0) is 6.42 Å². The summed E-state index contributed by atoms with van der Waals surface area (Å²) in [6.45, 7) is 2.29. The van der Waals surface area contributed by atoms with Crippen LogP contribution < -0.4 is 16.0 Å². The maximum Gasteiger partial charge on any atom is 0.325 e.